The summed E-state index contributed by atoms with van der Waals surface area (Å²) in [5.41, 5.74) is 2.08. The lowest BCUT2D eigenvalue weighted by molar-refractivity contribution is 0.341. The number of para-hydroxylation sites is 3. The van der Waals surface area contributed by atoms with Crippen molar-refractivity contribution < 1.29 is 4.74 Å². The fourth-order valence-electron chi connectivity index (χ4n) is 2.27. The number of nitrogens with zero attached hydrogens (tertiary/aromatic N) is 2. The van der Waals surface area contributed by atoms with Crippen LogP contribution in [0.1, 0.15) is 6.92 Å². The van der Waals surface area contributed by atoms with Gasteiger partial charge in [0, 0.05) is 18.0 Å². The SMILES string of the molecule is CCOc1ccccc1N=C1SCCN1c1ccccc1. The third-order valence-corrected chi connectivity index (χ3v) is 4.18. The zero-order valence-electron chi connectivity index (χ0n) is 12.0. The number of benzene rings is 2. The molecule has 0 N–H and O–H groups in total. The molecule has 1 fully saturated rings. The number of thioether (sulfide) groups is 1. The van der Waals surface area contributed by atoms with Gasteiger partial charge in [-0.25, -0.2) is 4.99 Å². The Bertz CT molecular complexity index is 628. The maximum atomic E-state index is 5.65. The van der Waals surface area contributed by atoms with Crippen LogP contribution in [0.15, 0.2) is 59.6 Å². The molecule has 1 saturated heterocycles. The van der Waals surface area contributed by atoms with E-state index in [4.69, 9.17) is 9.73 Å². The largest absolute Gasteiger partial charge is 0.492 e. The molecule has 0 bridgehead atoms. The van der Waals surface area contributed by atoms with Crippen molar-refractivity contribution in [3.05, 3.63) is 54.6 Å². The molecular formula is C17H18N2OS. The zero-order valence-corrected chi connectivity index (χ0v) is 12.8. The molecule has 0 unspecified atom stereocenters. The highest BCUT2D eigenvalue weighted by molar-refractivity contribution is 8.14. The first-order valence-electron chi connectivity index (χ1n) is 7.14. The summed E-state index contributed by atoms with van der Waals surface area (Å²) in [7, 11) is 0. The molecule has 0 atom stereocenters. The van der Waals surface area contributed by atoms with Crippen LogP contribution in [0.2, 0.25) is 0 Å². The Balaban J connectivity index is 1.92. The van der Waals surface area contributed by atoms with E-state index in [0.29, 0.717) is 6.61 Å². The molecule has 3 rings (SSSR count). The lowest BCUT2D eigenvalue weighted by atomic mass is 10.3. The second-order valence-corrected chi connectivity index (χ2v) is 5.69. The molecule has 4 heteroatoms. The van der Waals surface area contributed by atoms with Gasteiger partial charge in [-0.15, -0.1) is 0 Å². The van der Waals surface area contributed by atoms with E-state index < -0.39 is 0 Å². The van der Waals surface area contributed by atoms with E-state index in [2.05, 4.69) is 29.2 Å². The molecule has 3 nitrogen and oxygen atoms in total. The molecule has 0 aliphatic carbocycles. The van der Waals surface area contributed by atoms with Gasteiger partial charge in [-0.05, 0) is 31.2 Å². The third kappa shape index (κ3) is 3.22. The van der Waals surface area contributed by atoms with Crippen LogP contribution in [0, 0.1) is 0 Å². The van der Waals surface area contributed by atoms with Crippen molar-refractivity contribution in [3.63, 3.8) is 0 Å². The van der Waals surface area contributed by atoms with Crippen LogP contribution in [-0.2, 0) is 0 Å². The first kappa shape index (κ1) is 14.0. The predicted octanol–water partition coefficient (Wildman–Crippen LogP) is 4.33. The van der Waals surface area contributed by atoms with Gasteiger partial charge in [0.05, 0.1) is 6.61 Å². The van der Waals surface area contributed by atoms with E-state index >= 15 is 0 Å². The third-order valence-electron chi connectivity index (χ3n) is 3.23. The lowest BCUT2D eigenvalue weighted by Crippen LogP contribution is -2.23. The number of rotatable bonds is 4. The minimum atomic E-state index is 0.650. The highest BCUT2D eigenvalue weighted by atomic mass is 32.2. The Morgan fingerprint density at radius 2 is 1.86 bits per heavy atom. The first-order chi connectivity index (χ1) is 10.4. The molecule has 0 spiro atoms. The molecule has 2 aromatic carbocycles. The lowest BCUT2D eigenvalue weighted by Gasteiger charge is -2.18. The van der Waals surface area contributed by atoms with Crippen LogP contribution in [0.25, 0.3) is 0 Å². The van der Waals surface area contributed by atoms with Crippen LogP contribution >= 0.6 is 11.8 Å². The highest BCUT2D eigenvalue weighted by Crippen LogP contribution is 2.32. The quantitative estimate of drug-likeness (QED) is 0.840. The van der Waals surface area contributed by atoms with Crippen molar-refractivity contribution in [2.24, 2.45) is 4.99 Å². The van der Waals surface area contributed by atoms with Crippen LogP contribution < -0.4 is 9.64 Å². The van der Waals surface area contributed by atoms with Gasteiger partial charge in [0.1, 0.15) is 11.4 Å². The normalized spacial score (nSPS) is 16.4. The van der Waals surface area contributed by atoms with Crippen LogP contribution in [0.5, 0.6) is 5.75 Å². The van der Waals surface area contributed by atoms with Crippen molar-refractivity contribution >= 4 is 28.3 Å². The molecule has 2 aromatic rings. The van der Waals surface area contributed by atoms with E-state index in [1.165, 1.54) is 5.69 Å². The summed E-state index contributed by atoms with van der Waals surface area (Å²) in [4.78, 5) is 7.07. The Hall–Kier alpha value is -1.94. The molecule has 0 saturated carbocycles. The maximum Gasteiger partial charge on any atom is 0.169 e. The first-order valence-corrected chi connectivity index (χ1v) is 8.13. The van der Waals surface area contributed by atoms with Gasteiger partial charge in [0.25, 0.3) is 0 Å². The topological polar surface area (TPSA) is 24.8 Å². The van der Waals surface area contributed by atoms with Gasteiger partial charge in [-0.2, -0.15) is 0 Å². The highest BCUT2D eigenvalue weighted by Gasteiger charge is 2.21. The molecule has 1 aliphatic rings. The van der Waals surface area contributed by atoms with E-state index in [1.807, 2.05) is 37.3 Å². The second-order valence-electron chi connectivity index (χ2n) is 4.63. The zero-order chi connectivity index (χ0) is 14.5. The smallest absolute Gasteiger partial charge is 0.169 e. The van der Waals surface area contributed by atoms with Gasteiger partial charge in [-0.1, -0.05) is 42.1 Å². The summed E-state index contributed by atoms with van der Waals surface area (Å²) in [6.07, 6.45) is 0. The van der Waals surface area contributed by atoms with Gasteiger partial charge >= 0.3 is 0 Å². The molecule has 0 radical (unpaired) electrons. The van der Waals surface area contributed by atoms with E-state index in [9.17, 15) is 0 Å². The van der Waals surface area contributed by atoms with E-state index in [-0.39, 0.29) is 0 Å². The van der Waals surface area contributed by atoms with Gasteiger partial charge in [0.2, 0.25) is 0 Å². The van der Waals surface area contributed by atoms with E-state index in [0.717, 1.165) is 28.9 Å². The summed E-state index contributed by atoms with van der Waals surface area (Å²) in [6.45, 7) is 3.63. The van der Waals surface area contributed by atoms with Crippen molar-refractivity contribution in [1.82, 2.24) is 0 Å². The standard InChI is InChI=1S/C17H18N2OS/c1-2-20-16-11-7-6-10-15(16)18-17-19(12-13-21-17)14-8-4-3-5-9-14/h3-11H,2,12-13H2,1H3. The Morgan fingerprint density at radius 3 is 2.67 bits per heavy atom. The van der Waals surface area contributed by atoms with Gasteiger partial charge < -0.3 is 9.64 Å². The van der Waals surface area contributed by atoms with Crippen LogP contribution in [0.4, 0.5) is 11.4 Å². The summed E-state index contributed by atoms with van der Waals surface area (Å²) < 4.78 is 5.65. The monoisotopic (exact) mass is 298 g/mol. The number of aliphatic imine (C=N–C) groups is 1. The maximum absolute atomic E-state index is 5.65. The fourth-order valence-corrected chi connectivity index (χ4v) is 3.24. The summed E-state index contributed by atoms with van der Waals surface area (Å²) in [5, 5.41) is 1.04. The Morgan fingerprint density at radius 1 is 1.10 bits per heavy atom. The predicted molar refractivity (Wildman–Crippen MR) is 91.0 cm³/mol. The number of anilines is 1. The minimum absolute atomic E-state index is 0.650. The summed E-state index contributed by atoms with van der Waals surface area (Å²) in [6, 6.07) is 18.3. The molecule has 0 amide bonds. The number of hydrogen-bond donors (Lipinski definition) is 0. The average molecular weight is 298 g/mol. The molecule has 1 heterocycles. The minimum Gasteiger partial charge on any atom is -0.492 e. The fraction of sp³-hybridized carbons (Fsp3) is 0.235. The molecular weight excluding hydrogens is 280 g/mol. The van der Waals surface area contributed by atoms with Crippen LogP contribution in [-0.4, -0.2) is 24.1 Å². The number of hydrogen-bond acceptors (Lipinski definition) is 3. The van der Waals surface area contributed by atoms with Gasteiger partial charge in [-0.3, -0.25) is 0 Å². The van der Waals surface area contributed by atoms with Crippen molar-refractivity contribution in [1.29, 1.82) is 0 Å². The van der Waals surface area contributed by atoms with Gasteiger partial charge in [0.15, 0.2) is 5.17 Å². The molecule has 21 heavy (non-hydrogen) atoms. The Labute approximate surface area is 129 Å². The van der Waals surface area contributed by atoms with Crippen molar-refractivity contribution in [2.45, 2.75) is 6.92 Å². The van der Waals surface area contributed by atoms with Crippen LogP contribution in [0.3, 0.4) is 0 Å². The number of amidine groups is 1. The molecule has 0 aromatic heterocycles. The molecule has 108 valence electrons. The summed E-state index contributed by atoms with van der Waals surface area (Å²) in [5.74, 6) is 1.90. The average Bonchev–Trinajstić information content (AvgIpc) is 2.99. The Kier molecular flexibility index (Phi) is 4.46. The van der Waals surface area contributed by atoms with Crippen molar-refractivity contribution in [3.8, 4) is 5.75 Å². The second kappa shape index (κ2) is 6.68. The van der Waals surface area contributed by atoms with Crippen molar-refractivity contribution in [2.75, 3.05) is 23.8 Å². The number of ether oxygens (including phenoxy) is 1. The summed E-state index contributed by atoms with van der Waals surface area (Å²) >= 11 is 1.79. The molecule has 1 aliphatic heterocycles. The van der Waals surface area contributed by atoms with E-state index in [1.54, 1.807) is 11.8 Å².